The van der Waals surface area contributed by atoms with Crippen molar-refractivity contribution in [3.05, 3.63) is 288 Å². The Kier molecular flexibility index (Phi) is 19.7. The van der Waals surface area contributed by atoms with Crippen molar-refractivity contribution >= 4 is 131 Å². The van der Waals surface area contributed by atoms with Gasteiger partial charge in [0.1, 0.15) is 33.1 Å². The second-order valence-electron chi connectivity index (χ2n) is 32.2. The third-order valence-electron chi connectivity index (χ3n) is 24.5. The third kappa shape index (κ3) is 13.4. The molecule has 19 rings (SSSR count). The van der Waals surface area contributed by atoms with Gasteiger partial charge < -0.3 is 0 Å². The van der Waals surface area contributed by atoms with Gasteiger partial charge in [-0.25, -0.2) is 29.9 Å². The molecule has 0 N–H and O–H groups in total. The van der Waals surface area contributed by atoms with Crippen LogP contribution in [-0.4, -0.2) is 29.9 Å². The van der Waals surface area contributed by atoms with E-state index in [1.54, 1.807) is 0 Å². The lowest BCUT2D eigenvalue weighted by molar-refractivity contribution is 0.795. The van der Waals surface area contributed by atoms with Gasteiger partial charge in [0.15, 0.2) is 0 Å². The summed E-state index contributed by atoms with van der Waals surface area (Å²) in [5.74, 6) is 0. The van der Waals surface area contributed by atoms with Crippen molar-refractivity contribution in [3.63, 3.8) is 0 Å². The number of fused-ring (bicyclic) bond motifs is 24. The Balaban J connectivity index is 0.918. The summed E-state index contributed by atoms with van der Waals surface area (Å²) in [5.41, 5.74) is 30.7. The molecule has 0 aliphatic heterocycles. The topological polar surface area (TPSA) is 77.3 Å². The van der Waals surface area contributed by atoms with Gasteiger partial charge in [-0.2, -0.15) is 0 Å². The van der Waals surface area contributed by atoms with Crippen molar-refractivity contribution in [2.45, 2.75) is 157 Å². The Labute approximate surface area is 668 Å². The summed E-state index contributed by atoms with van der Waals surface area (Å²) >= 11 is 0. The van der Waals surface area contributed by atoms with E-state index < -0.39 is 0 Å². The van der Waals surface area contributed by atoms with Crippen LogP contribution in [0.3, 0.4) is 0 Å². The molecule has 0 bridgehead atoms. The summed E-state index contributed by atoms with van der Waals surface area (Å²) < 4.78 is 0. The van der Waals surface area contributed by atoms with Gasteiger partial charge in [0, 0.05) is 32.3 Å². The van der Waals surface area contributed by atoms with Gasteiger partial charge in [-0.3, -0.25) is 0 Å². The second-order valence-corrected chi connectivity index (χ2v) is 32.2. The monoisotopic (exact) mass is 1480 g/mol. The van der Waals surface area contributed by atoms with E-state index in [1.165, 1.54) is 105 Å². The van der Waals surface area contributed by atoms with Crippen molar-refractivity contribution in [2.75, 3.05) is 0 Å². The summed E-state index contributed by atoms with van der Waals surface area (Å²) in [7, 11) is 0. The Bertz CT molecular complexity index is 5810. The van der Waals surface area contributed by atoms with Crippen molar-refractivity contribution in [2.24, 2.45) is 0 Å². The Morgan fingerprint density at radius 3 is 0.404 bits per heavy atom. The molecule has 6 nitrogen and oxygen atoms in total. The van der Waals surface area contributed by atoms with Gasteiger partial charge in [-0.1, -0.05) is 298 Å². The minimum Gasteiger partial charge on any atom is -0.241 e. The molecule has 0 radical (unpaired) electrons. The fourth-order valence-electron chi connectivity index (χ4n) is 17.8. The van der Waals surface area contributed by atoms with E-state index in [2.05, 4.69) is 296 Å². The van der Waals surface area contributed by atoms with Gasteiger partial charge in [-0.15, -0.1) is 0 Å². The lowest BCUT2D eigenvalue weighted by Gasteiger charge is -2.17. The minimum atomic E-state index is 0.631. The molecule has 0 saturated heterocycles. The van der Waals surface area contributed by atoms with E-state index in [9.17, 15) is 0 Å². The number of aromatic nitrogens is 6. The van der Waals surface area contributed by atoms with Crippen LogP contribution in [0.5, 0.6) is 0 Å². The van der Waals surface area contributed by atoms with Crippen LogP contribution in [0.25, 0.3) is 198 Å². The average Bonchev–Trinajstić information content (AvgIpc) is 0.696. The van der Waals surface area contributed by atoms with E-state index in [0.29, 0.717) is 33.1 Å². The molecule has 0 atom stereocenters. The Morgan fingerprint density at radius 2 is 0.272 bits per heavy atom. The molecule has 558 valence electrons. The maximum absolute atomic E-state index is 6.07. The first-order chi connectivity index (χ1) is 56.2. The molecule has 0 spiro atoms. The van der Waals surface area contributed by atoms with E-state index in [-0.39, 0.29) is 0 Å². The molecule has 0 amide bonds. The van der Waals surface area contributed by atoms with Crippen LogP contribution in [0.4, 0.5) is 0 Å². The predicted molar refractivity (Wildman–Crippen MR) is 488 cm³/mol. The summed E-state index contributed by atoms with van der Waals surface area (Å²) in [6, 6.07) is 97.0. The number of rotatable bonds is 24. The van der Waals surface area contributed by atoms with Crippen LogP contribution >= 0.6 is 0 Å². The zero-order valence-electron chi connectivity index (χ0n) is 66.7. The molecular formula is C108H96N6. The lowest BCUT2D eigenvalue weighted by Crippen LogP contribution is -2.01. The molecule has 0 saturated carbocycles. The third-order valence-corrected chi connectivity index (χ3v) is 24.5. The summed E-state index contributed by atoms with van der Waals surface area (Å²) in [4.78, 5) is 36.4. The van der Waals surface area contributed by atoms with Crippen molar-refractivity contribution < 1.29 is 0 Å². The van der Waals surface area contributed by atoms with Gasteiger partial charge in [0.25, 0.3) is 0 Å². The molecule has 0 unspecified atom stereocenters. The number of benzene rings is 16. The maximum Gasteiger partial charge on any atom is 0.120 e. The van der Waals surface area contributed by atoms with Gasteiger partial charge in [-0.05, 0) is 246 Å². The minimum absolute atomic E-state index is 0.631. The SMILES string of the molecule is CCCCc1ccc(-c2ccc3c(c2)c2cc(-c4ccc(CCCC)cc4)ccc2c2nc4c(nc32)c2nc3c5ccc(-c6ccc(CCCC)cc6)cc5c5cc(-c6ccc(CCCC)cc6)ccc5c3nc2c2nc3c5ccc(-c6ccc(CCCC)cc6)cc5c5cc(-c6ccc(CCCC)cc6)ccc5c3nc42)cc1. The quantitative estimate of drug-likeness (QED) is 0.0443. The Morgan fingerprint density at radius 1 is 0.140 bits per heavy atom. The van der Waals surface area contributed by atoms with Crippen molar-refractivity contribution in [1.82, 2.24) is 29.9 Å². The maximum atomic E-state index is 6.07. The molecule has 16 aromatic carbocycles. The zero-order chi connectivity index (χ0) is 76.9. The van der Waals surface area contributed by atoms with E-state index in [0.717, 1.165) is 208 Å². The molecule has 0 fully saturated rings. The standard InChI is InChI=1S/C108H96N6/c1-7-13-19-67-25-37-73(38-26-67)79-49-55-85-91(61-79)92-62-80(74-39-27-68(28-40-74)20-14-8-2)50-56-86(92)98-97(85)109-103-104(110-98)106-108(114-102-90-60-54-84(78-47-35-72(36-48-78)24-18-12-6)66-96(90)95-65-83(53-59-89(95)101(102)112-106)77-45-33-71(34-46-77)23-17-11-5)107-105(103)111-99-87-57-51-81(75-41-29-69(30-42-75)21-15-9-3)63-93(87)94-64-82(52-58-88(94)100(99)113-107)76-43-31-70(32-44-76)22-16-10-4/h25-66H,7-24H2,1-6H3. The van der Waals surface area contributed by atoms with E-state index in [4.69, 9.17) is 29.9 Å². The molecule has 6 heteroatoms. The molecule has 19 aromatic rings. The fourth-order valence-corrected chi connectivity index (χ4v) is 17.8. The van der Waals surface area contributed by atoms with Crippen LogP contribution in [0, 0.1) is 0 Å². The lowest BCUT2D eigenvalue weighted by atomic mass is 9.92. The van der Waals surface area contributed by atoms with Gasteiger partial charge in [0.2, 0.25) is 0 Å². The molecule has 3 aromatic heterocycles. The molecule has 3 heterocycles. The van der Waals surface area contributed by atoms with Crippen LogP contribution in [0.15, 0.2) is 255 Å². The average molecular weight is 1480 g/mol. The highest BCUT2D eigenvalue weighted by Crippen LogP contribution is 2.46. The number of hydrogen-bond acceptors (Lipinski definition) is 6. The number of aryl methyl sites for hydroxylation is 6. The highest BCUT2D eigenvalue weighted by molar-refractivity contribution is 6.32. The van der Waals surface area contributed by atoms with E-state index in [1.807, 2.05) is 0 Å². The second kappa shape index (κ2) is 31.1. The molecule has 0 aliphatic carbocycles. The predicted octanol–water partition coefficient (Wildman–Crippen LogP) is 30.0. The van der Waals surface area contributed by atoms with Crippen LogP contribution in [0.1, 0.15) is 152 Å². The largest absolute Gasteiger partial charge is 0.241 e. The number of nitrogens with zero attached hydrogens (tertiary/aromatic N) is 6. The van der Waals surface area contributed by atoms with Crippen molar-refractivity contribution in [1.29, 1.82) is 0 Å². The first-order valence-electron chi connectivity index (χ1n) is 42.4. The summed E-state index contributed by atoms with van der Waals surface area (Å²) in [6.45, 7) is 13.6. The molecule has 114 heavy (non-hydrogen) atoms. The normalized spacial score (nSPS) is 12.1. The Hall–Kier alpha value is -12.1. The highest BCUT2D eigenvalue weighted by Gasteiger charge is 2.26. The van der Waals surface area contributed by atoms with Crippen molar-refractivity contribution in [3.8, 4) is 66.8 Å². The molecular weight excluding hydrogens is 1380 g/mol. The van der Waals surface area contributed by atoms with Gasteiger partial charge in [0.05, 0.1) is 33.1 Å². The van der Waals surface area contributed by atoms with E-state index >= 15 is 0 Å². The number of unbranched alkanes of at least 4 members (excludes halogenated alkanes) is 6. The molecule has 0 aliphatic rings. The number of hydrogen-bond donors (Lipinski definition) is 0. The van der Waals surface area contributed by atoms with Crippen LogP contribution < -0.4 is 0 Å². The smallest absolute Gasteiger partial charge is 0.120 e. The van der Waals surface area contributed by atoms with Crippen LogP contribution in [0.2, 0.25) is 0 Å². The van der Waals surface area contributed by atoms with Gasteiger partial charge >= 0.3 is 0 Å². The fraction of sp³-hybridized carbons (Fsp3) is 0.222. The highest BCUT2D eigenvalue weighted by atomic mass is 14.9. The summed E-state index contributed by atoms with van der Waals surface area (Å²) in [6.07, 6.45) is 20.4. The first-order valence-corrected chi connectivity index (χ1v) is 42.4. The van der Waals surface area contributed by atoms with Crippen LogP contribution in [-0.2, 0) is 38.5 Å². The zero-order valence-corrected chi connectivity index (χ0v) is 66.7. The first kappa shape index (κ1) is 72.1. The summed E-state index contributed by atoms with van der Waals surface area (Å²) in [5, 5.41) is 12.7.